The van der Waals surface area contributed by atoms with Crippen LogP contribution in [-0.2, 0) is 6.54 Å². The SMILES string of the molecule is N#Cc1ccc(CN2CCCN(C(=O)c3c(F)cccc3Cl)CC2)cc1. The molecule has 6 heteroatoms. The first-order valence-corrected chi connectivity index (χ1v) is 8.91. The molecule has 0 bridgehead atoms. The molecule has 1 fully saturated rings. The second-order valence-corrected chi connectivity index (χ2v) is 6.73. The summed E-state index contributed by atoms with van der Waals surface area (Å²) in [5.74, 6) is -0.936. The topological polar surface area (TPSA) is 47.3 Å². The van der Waals surface area contributed by atoms with E-state index < -0.39 is 5.82 Å². The number of rotatable bonds is 3. The highest BCUT2D eigenvalue weighted by Gasteiger charge is 2.24. The van der Waals surface area contributed by atoms with Crippen molar-refractivity contribution >= 4 is 17.5 Å². The van der Waals surface area contributed by atoms with Crippen molar-refractivity contribution in [2.75, 3.05) is 26.2 Å². The molecule has 1 aliphatic heterocycles. The summed E-state index contributed by atoms with van der Waals surface area (Å²) in [6.45, 7) is 3.42. The number of hydrogen-bond acceptors (Lipinski definition) is 3. The van der Waals surface area contributed by atoms with Gasteiger partial charge in [-0.05, 0) is 36.2 Å². The quantitative estimate of drug-likeness (QED) is 0.826. The molecule has 0 N–H and O–H groups in total. The number of halogens is 2. The largest absolute Gasteiger partial charge is 0.337 e. The van der Waals surface area contributed by atoms with Crippen molar-refractivity contribution in [2.45, 2.75) is 13.0 Å². The van der Waals surface area contributed by atoms with Crippen LogP contribution < -0.4 is 0 Å². The smallest absolute Gasteiger partial charge is 0.258 e. The summed E-state index contributed by atoms with van der Waals surface area (Å²) in [5.41, 5.74) is 1.72. The van der Waals surface area contributed by atoms with Crippen LogP contribution in [0.15, 0.2) is 42.5 Å². The molecule has 2 aromatic rings. The van der Waals surface area contributed by atoms with Crippen LogP contribution in [0.5, 0.6) is 0 Å². The third-order valence-electron chi connectivity index (χ3n) is 4.54. The van der Waals surface area contributed by atoms with Crippen molar-refractivity contribution in [3.63, 3.8) is 0 Å². The molecule has 1 aliphatic rings. The van der Waals surface area contributed by atoms with Gasteiger partial charge in [-0.15, -0.1) is 0 Å². The molecule has 0 aromatic heterocycles. The number of hydrogen-bond donors (Lipinski definition) is 0. The molecule has 1 saturated heterocycles. The Labute approximate surface area is 157 Å². The van der Waals surface area contributed by atoms with Crippen LogP contribution in [-0.4, -0.2) is 41.9 Å². The van der Waals surface area contributed by atoms with Crippen molar-refractivity contribution in [1.29, 1.82) is 5.26 Å². The minimum atomic E-state index is -0.582. The molecule has 0 aliphatic carbocycles. The van der Waals surface area contributed by atoms with Crippen molar-refractivity contribution in [3.8, 4) is 6.07 Å². The van der Waals surface area contributed by atoms with Gasteiger partial charge in [0, 0.05) is 32.7 Å². The molecular weight excluding hydrogens is 353 g/mol. The Hall–Kier alpha value is -2.42. The van der Waals surface area contributed by atoms with E-state index in [2.05, 4.69) is 11.0 Å². The third-order valence-corrected chi connectivity index (χ3v) is 4.86. The zero-order valence-corrected chi connectivity index (χ0v) is 15.0. The Morgan fingerprint density at radius 2 is 1.88 bits per heavy atom. The lowest BCUT2D eigenvalue weighted by molar-refractivity contribution is 0.0756. The van der Waals surface area contributed by atoms with Gasteiger partial charge in [0.05, 0.1) is 22.2 Å². The van der Waals surface area contributed by atoms with Crippen LogP contribution in [0.2, 0.25) is 5.02 Å². The summed E-state index contributed by atoms with van der Waals surface area (Å²) >= 11 is 6.02. The van der Waals surface area contributed by atoms with Crippen molar-refractivity contribution in [2.24, 2.45) is 0 Å². The van der Waals surface area contributed by atoms with E-state index in [9.17, 15) is 9.18 Å². The second-order valence-electron chi connectivity index (χ2n) is 6.33. The number of carbonyl (C=O) groups excluding carboxylic acids is 1. The molecule has 0 spiro atoms. The molecule has 26 heavy (non-hydrogen) atoms. The third kappa shape index (κ3) is 4.21. The maximum absolute atomic E-state index is 14.0. The van der Waals surface area contributed by atoms with Gasteiger partial charge in [0.15, 0.2) is 0 Å². The minimum Gasteiger partial charge on any atom is -0.337 e. The summed E-state index contributed by atoms with van der Waals surface area (Å²) in [7, 11) is 0. The summed E-state index contributed by atoms with van der Waals surface area (Å²) < 4.78 is 14.0. The predicted molar refractivity (Wildman–Crippen MR) is 98.4 cm³/mol. The molecule has 0 unspecified atom stereocenters. The molecule has 3 rings (SSSR count). The first kappa shape index (κ1) is 18.4. The first-order chi connectivity index (χ1) is 12.6. The van der Waals surface area contributed by atoms with Crippen LogP contribution >= 0.6 is 11.6 Å². The number of nitrogens with zero attached hydrogens (tertiary/aromatic N) is 3. The van der Waals surface area contributed by atoms with E-state index in [-0.39, 0.29) is 16.5 Å². The Morgan fingerprint density at radius 1 is 1.12 bits per heavy atom. The molecule has 2 aromatic carbocycles. The van der Waals surface area contributed by atoms with Gasteiger partial charge in [0.2, 0.25) is 0 Å². The number of amides is 1. The predicted octanol–water partition coefficient (Wildman–Crippen LogP) is 3.70. The van der Waals surface area contributed by atoms with Gasteiger partial charge in [-0.1, -0.05) is 29.8 Å². The molecule has 1 amide bonds. The standard InChI is InChI=1S/C20H19ClFN3O/c21-17-3-1-4-18(22)19(17)20(26)25-10-2-9-24(11-12-25)14-16-7-5-15(13-23)6-8-16/h1,3-8H,2,9-12,14H2. The van der Waals surface area contributed by atoms with E-state index in [0.717, 1.165) is 25.1 Å². The van der Waals surface area contributed by atoms with Gasteiger partial charge in [0.25, 0.3) is 5.91 Å². The normalized spacial score (nSPS) is 15.3. The molecule has 0 atom stereocenters. The summed E-state index contributed by atoms with van der Waals surface area (Å²) in [5, 5.41) is 9.01. The van der Waals surface area contributed by atoms with E-state index in [1.165, 1.54) is 18.2 Å². The molecule has 1 heterocycles. The van der Waals surface area contributed by atoms with Gasteiger partial charge in [-0.25, -0.2) is 4.39 Å². The van der Waals surface area contributed by atoms with Crippen molar-refractivity contribution in [3.05, 3.63) is 70.0 Å². The van der Waals surface area contributed by atoms with Gasteiger partial charge in [-0.3, -0.25) is 9.69 Å². The van der Waals surface area contributed by atoms with Crippen LogP contribution in [0.25, 0.3) is 0 Å². The molecular formula is C20H19ClFN3O. The van der Waals surface area contributed by atoms with Crippen LogP contribution in [0.1, 0.15) is 27.9 Å². The van der Waals surface area contributed by atoms with E-state index in [1.807, 2.05) is 24.3 Å². The average molecular weight is 372 g/mol. The maximum Gasteiger partial charge on any atom is 0.258 e. The lowest BCUT2D eigenvalue weighted by Gasteiger charge is -2.22. The molecule has 0 saturated carbocycles. The molecule has 134 valence electrons. The van der Waals surface area contributed by atoms with Crippen LogP contribution in [0, 0.1) is 17.1 Å². The lowest BCUT2D eigenvalue weighted by Crippen LogP contribution is -2.35. The Morgan fingerprint density at radius 3 is 2.58 bits per heavy atom. The summed E-state index contributed by atoms with van der Waals surface area (Å²) in [6.07, 6.45) is 0.814. The van der Waals surface area contributed by atoms with Crippen LogP contribution in [0.3, 0.4) is 0 Å². The average Bonchev–Trinajstić information content (AvgIpc) is 2.88. The Kier molecular flexibility index (Phi) is 5.87. The fourth-order valence-corrected chi connectivity index (χ4v) is 3.38. The molecule has 4 nitrogen and oxygen atoms in total. The highest BCUT2D eigenvalue weighted by atomic mass is 35.5. The highest BCUT2D eigenvalue weighted by molar-refractivity contribution is 6.33. The summed E-state index contributed by atoms with van der Waals surface area (Å²) in [4.78, 5) is 16.6. The zero-order valence-electron chi connectivity index (χ0n) is 14.3. The highest BCUT2D eigenvalue weighted by Crippen LogP contribution is 2.21. The van der Waals surface area contributed by atoms with Crippen molar-refractivity contribution < 1.29 is 9.18 Å². The van der Waals surface area contributed by atoms with E-state index in [0.29, 0.717) is 25.2 Å². The van der Waals surface area contributed by atoms with Gasteiger partial charge in [-0.2, -0.15) is 5.26 Å². The number of benzene rings is 2. The lowest BCUT2D eigenvalue weighted by atomic mass is 10.1. The van der Waals surface area contributed by atoms with Crippen molar-refractivity contribution in [1.82, 2.24) is 9.80 Å². The Bertz CT molecular complexity index is 812. The minimum absolute atomic E-state index is 0.0466. The van der Waals surface area contributed by atoms with Gasteiger partial charge >= 0.3 is 0 Å². The monoisotopic (exact) mass is 371 g/mol. The molecule has 0 radical (unpaired) electrons. The van der Waals surface area contributed by atoms with Gasteiger partial charge < -0.3 is 4.90 Å². The Balaban J connectivity index is 1.64. The van der Waals surface area contributed by atoms with E-state index >= 15 is 0 Å². The number of carbonyl (C=O) groups is 1. The second kappa shape index (κ2) is 8.31. The zero-order chi connectivity index (χ0) is 18.5. The van der Waals surface area contributed by atoms with E-state index in [4.69, 9.17) is 16.9 Å². The first-order valence-electron chi connectivity index (χ1n) is 8.53. The fourth-order valence-electron chi connectivity index (χ4n) is 3.14. The summed E-state index contributed by atoms with van der Waals surface area (Å²) in [6, 6.07) is 13.9. The van der Waals surface area contributed by atoms with Crippen LogP contribution in [0.4, 0.5) is 4.39 Å². The van der Waals surface area contributed by atoms with Gasteiger partial charge in [0.1, 0.15) is 5.82 Å². The maximum atomic E-state index is 14.0. The fraction of sp³-hybridized carbons (Fsp3) is 0.300. The van der Waals surface area contributed by atoms with E-state index in [1.54, 1.807) is 4.90 Å². The number of nitriles is 1.